The molecule has 100 valence electrons. The minimum absolute atomic E-state index is 0.953. The Kier molecular flexibility index (Phi) is 5.51. The van der Waals surface area contributed by atoms with Gasteiger partial charge in [0, 0.05) is 29.8 Å². The molecule has 0 bridgehead atoms. The lowest BCUT2D eigenvalue weighted by atomic mass is 10.1. The van der Waals surface area contributed by atoms with E-state index in [1.165, 1.54) is 54.5 Å². The number of rotatable bonds is 5. The highest BCUT2D eigenvalue weighted by molar-refractivity contribution is 9.10. The maximum absolute atomic E-state index is 3.70. The van der Waals surface area contributed by atoms with Gasteiger partial charge in [-0.2, -0.15) is 0 Å². The zero-order valence-electron chi connectivity index (χ0n) is 11.2. The molecule has 0 atom stereocenters. The van der Waals surface area contributed by atoms with Gasteiger partial charge in [0.2, 0.25) is 0 Å². The molecule has 1 aromatic carbocycles. The zero-order chi connectivity index (χ0) is 12.8. The Bertz CT molecular complexity index is 373. The van der Waals surface area contributed by atoms with Crippen molar-refractivity contribution in [3.8, 4) is 0 Å². The molecule has 1 aliphatic rings. The van der Waals surface area contributed by atoms with Crippen molar-refractivity contribution in [3.63, 3.8) is 0 Å². The fourth-order valence-corrected chi connectivity index (χ4v) is 2.94. The lowest BCUT2D eigenvalue weighted by Gasteiger charge is -2.29. The van der Waals surface area contributed by atoms with Crippen LogP contribution in [0.25, 0.3) is 0 Å². The monoisotopic (exact) mass is 310 g/mol. The van der Waals surface area contributed by atoms with E-state index in [4.69, 9.17) is 0 Å². The zero-order valence-corrected chi connectivity index (χ0v) is 12.8. The predicted molar refractivity (Wildman–Crippen MR) is 82.2 cm³/mol. The number of nitrogens with one attached hydrogen (secondary N) is 1. The van der Waals surface area contributed by atoms with Gasteiger partial charge in [0.25, 0.3) is 0 Å². The highest BCUT2D eigenvalue weighted by atomic mass is 79.9. The van der Waals surface area contributed by atoms with E-state index in [2.05, 4.69) is 51.3 Å². The van der Waals surface area contributed by atoms with E-state index in [-0.39, 0.29) is 0 Å². The van der Waals surface area contributed by atoms with Gasteiger partial charge in [-0.3, -0.25) is 0 Å². The van der Waals surface area contributed by atoms with Crippen LogP contribution in [0.1, 0.15) is 38.2 Å². The van der Waals surface area contributed by atoms with E-state index >= 15 is 0 Å². The molecule has 2 nitrogen and oxygen atoms in total. The molecule has 2 rings (SSSR count). The predicted octanol–water partition coefficient (Wildman–Crippen LogP) is 3.94. The molecule has 0 aliphatic carbocycles. The maximum Gasteiger partial charge on any atom is 0.0377 e. The van der Waals surface area contributed by atoms with Crippen molar-refractivity contribution < 1.29 is 0 Å². The topological polar surface area (TPSA) is 15.3 Å². The summed E-state index contributed by atoms with van der Waals surface area (Å²) in [5.74, 6) is 0. The smallest absolute Gasteiger partial charge is 0.0377 e. The third-order valence-electron chi connectivity index (χ3n) is 3.50. The summed E-state index contributed by atoms with van der Waals surface area (Å²) in [6.45, 7) is 6.65. The van der Waals surface area contributed by atoms with Crippen LogP contribution in [-0.4, -0.2) is 19.6 Å². The van der Waals surface area contributed by atoms with Crippen molar-refractivity contribution in [2.75, 3.05) is 24.5 Å². The Hall–Kier alpha value is -0.540. The first kappa shape index (κ1) is 13.9. The lowest BCUT2D eigenvalue weighted by Crippen LogP contribution is -2.29. The van der Waals surface area contributed by atoms with Crippen LogP contribution in [-0.2, 0) is 6.54 Å². The van der Waals surface area contributed by atoms with Crippen molar-refractivity contribution in [1.29, 1.82) is 0 Å². The molecule has 0 radical (unpaired) electrons. The van der Waals surface area contributed by atoms with Gasteiger partial charge in [-0.1, -0.05) is 28.9 Å². The quantitative estimate of drug-likeness (QED) is 0.829. The number of piperidine rings is 1. The second-order valence-corrected chi connectivity index (χ2v) is 5.85. The third-order valence-corrected chi connectivity index (χ3v) is 4.24. The molecule has 1 aliphatic heterocycles. The average Bonchev–Trinajstić information content (AvgIpc) is 2.42. The van der Waals surface area contributed by atoms with Gasteiger partial charge in [-0.05, 0) is 49.9 Å². The standard InChI is InChI=1S/C15H23BrN2/c1-2-8-17-12-13-6-7-14(11-15(13)16)18-9-4-3-5-10-18/h6-7,11,17H,2-5,8-10,12H2,1H3. The van der Waals surface area contributed by atoms with Gasteiger partial charge < -0.3 is 10.2 Å². The highest BCUT2D eigenvalue weighted by Gasteiger charge is 2.11. The Balaban J connectivity index is 1.99. The molecule has 0 unspecified atom stereocenters. The van der Waals surface area contributed by atoms with Crippen LogP contribution in [0.15, 0.2) is 22.7 Å². The Morgan fingerprint density at radius 2 is 2.00 bits per heavy atom. The molecule has 0 aromatic heterocycles. The SMILES string of the molecule is CCCNCc1ccc(N2CCCCC2)cc1Br. The summed E-state index contributed by atoms with van der Waals surface area (Å²) in [5.41, 5.74) is 2.71. The van der Waals surface area contributed by atoms with Crippen LogP contribution < -0.4 is 10.2 Å². The first-order valence-electron chi connectivity index (χ1n) is 7.05. The minimum Gasteiger partial charge on any atom is -0.372 e. The van der Waals surface area contributed by atoms with Crippen LogP contribution in [0.3, 0.4) is 0 Å². The molecule has 1 N–H and O–H groups in total. The molecule has 1 aromatic rings. The average molecular weight is 311 g/mol. The van der Waals surface area contributed by atoms with Gasteiger partial charge in [-0.15, -0.1) is 0 Å². The molecular formula is C15H23BrN2. The van der Waals surface area contributed by atoms with Crippen LogP contribution in [0.4, 0.5) is 5.69 Å². The third kappa shape index (κ3) is 3.72. The molecule has 18 heavy (non-hydrogen) atoms. The normalized spacial score (nSPS) is 16.0. The number of anilines is 1. The van der Waals surface area contributed by atoms with Crippen molar-refractivity contribution in [2.45, 2.75) is 39.2 Å². The summed E-state index contributed by atoms with van der Waals surface area (Å²) in [6, 6.07) is 6.78. The van der Waals surface area contributed by atoms with Crippen molar-refractivity contribution >= 4 is 21.6 Å². The van der Waals surface area contributed by atoms with Crippen LogP contribution in [0.5, 0.6) is 0 Å². The summed E-state index contributed by atoms with van der Waals surface area (Å²) < 4.78 is 1.23. The van der Waals surface area contributed by atoms with Gasteiger partial charge in [-0.25, -0.2) is 0 Å². The van der Waals surface area contributed by atoms with E-state index in [0.717, 1.165) is 13.1 Å². The lowest BCUT2D eigenvalue weighted by molar-refractivity contribution is 0.577. The minimum atomic E-state index is 0.953. The van der Waals surface area contributed by atoms with E-state index in [1.54, 1.807) is 0 Å². The van der Waals surface area contributed by atoms with Gasteiger partial charge >= 0.3 is 0 Å². The fourth-order valence-electron chi connectivity index (χ4n) is 2.43. The maximum atomic E-state index is 3.70. The molecule has 0 amide bonds. The Morgan fingerprint density at radius 3 is 2.67 bits per heavy atom. The summed E-state index contributed by atoms with van der Waals surface area (Å²) in [5, 5.41) is 3.45. The van der Waals surface area contributed by atoms with E-state index in [9.17, 15) is 0 Å². The number of hydrogen-bond donors (Lipinski definition) is 1. The number of nitrogens with zero attached hydrogens (tertiary/aromatic N) is 1. The summed E-state index contributed by atoms with van der Waals surface area (Å²) in [6.07, 6.45) is 5.23. The van der Waals surface area contributed by atoms with Crippen molar-refractivity contribution in [2.24, 2.45) is 0 Å². The first-order valence-corrected chi connectivity index (χ1v) is 7.84. The van der Waals surface area contributed by atoms with Crippen molar-refractivity contribution in [3.05, 3.63) is 28.2 Å². The molecule has 1 heterocycles. The molecule has 1 saturated heterocycles. The molecular weight excluding hydrogens is 288 g/mol. The number of halogens is 1. The molecule has 3 heteroatoms. The van der Waals surface area contributed by atoms with Crippen LogP contribution >= 0.6 is 15.9 Å². The summed E-state index contributed by atoms with van der Waals surface area (Å²) in [4.78, 5) is 2.50. The summed E-state index contributed by atoms with van der Waals surface area (Å²) in [7, 11) is 0. The van der Waals surface area contributed by atoms with Gasteiger partial charge in [0.15, 0.2) is 0 Å². The van der Waals surface area contributed by atoms with Crippen molar-refractivity contribution in [1.82, 2.24) is 5.32 Å². The van der Waals surface area contributed by atoms with E-state index in [0.29, 0.717) is 0 Å². The number of hydrogen-bond acceptors (Lipinski definition) is 2. The Labute approximate surface area is 119 Å². The van der Waals surface area contributed by atoms with E-state index in [1.807, 2.05) is 0 Å². The highest BCUT2D eigenvalue weighted by Crippen LogP contribution is 2.26. The van der Waals surface area contributed by atoms with Gasteiger partial charge in [0.05, 0.1) is 0 Å². The second kappa shape index (κ2) is 7.15. The fraction of sp³-hybridized carbons (Fsp3) is 0.600. The molecule has 0 spiro atoms. The molecule has 0 saturated carbocycles. The first-order chi connectivity index (χ1) is 8.81. The Morgan fingerprint density at radius 1 is 1.22 bits per heavy atom. The molecule has 1 fully saturated rings. The van der Waals surface area contributed by atoms with E-state index < -0.39 is 0 Å². The summed E-state index contributed by atoms with van der Waals surface area (Å²) >= 11 is 3.70. The number of benzene rings is 1. The van der Waals surface area contributed by atoms with Crippen LogP contribution in [0.2, 0.25) is 0 Å². The van der Waals surface area contributed by atoms with Crippen LogP contribution in [0, 0.1) is 0 Å². The van der Waals surface area contributed by atoms with Gasteiger partial charge in [0.1, 0.15) is 0 Å². The second-order valence-electron chi connectivity index (χ2n) is 5.00. The largest absolute Gasteiger partial charge is 0.372 e.